The molecule has 5 heteroatoms. The molecule has 2 saturated heterocycles. The second-order valence-electron chi connectivity index (χ2n) is 6.89. The van der Waals surface area contributed by atoms with Gasteiger partial charge < -0.3 is 14.4 Å². The molecule has 3 heterocycles. The second kappa shape index (κ2) is 6.63. The van der Waals surface area contributed by atoms with Gasteiger partial charge in [0.2, 0.25) is 5.91 Å². The van der Waals surface area contributed by atoms with Gasteiger partial charge in [0, 0.05) is 6.54 Å². The van der Waals surface area contributed by atoms with Crippen molar-refractivity contribution in [3.05, 3.63) is 12.2 Å². The molecule has 5 nitrogen and oxygen atoms in total. The van der Waals surface area contributed by atoms with Gasteiger partial charge in [-0.15, -0.1) is 0 Å². The van der Waals surface area contributed by atoms with Gasteiger partial charge in [-0.2, -0.15) is 0 Å². The van der Waals surface area contributed by atoms with Crippen molar-refractivity contribution in [3.63, 3.8) is 0 Å². The summed E-state index contributed by atoms with van der Waals surface area (Å²) in [5.41, 5.74) is -0.595. The Morgan fingerprint density at radius 3 is 2.87 bits per heavy atom. The van der Waals surface area contributed by atoms with Gasteiger partial charge in [-0.1, -0.05) is 45.3 Å². The highest BCUT2D eigenvalue weighted by atomic mass is 16.6. The molecule has 2 bridgehead atoms. The summed E-state index contributed by atoms with van der Waals surface area (Å²) >= 11 is 0. The average molecular weight is 321 g/mol. The first kappa shape index (κ1) is 16.5. The predicted molar refractivity (Wildman–Crippen MR) is 85.7 cm³/mol. The van der Waals surface area contributed by atoms with Crippen LogP contribution in [-0.2, 0) is 19.1 Å². The lowest BCUT2D eigenvalue weighted by Crippen LogP contribution is -2.40. The Bertz CT molecular complexity index is 503. The molecule has 0 aromatic carbocycles. The molecule has 3 aliphatic heterocycles. The Morgan fingerprint density at radius 2 is 2.13 bits per heavy atom. The number of likely N-dealkylation sites (tertiary alicyclic amines) is 1. The Kier molecular flexibility index (Phi) is 4.76. The molecule has 0 aliphatic carbocycles. The number of fused-ring (bicyclic) bond motifs is 1. The van der Waals surface area contributed by atoms with Gasteiger partial charge in [-0.3, -0.25) is 9.59 Å². The molecule has 4 atom stereocenters. The number of nitrogens with zero attached hydrogens (tertiary/aromatic N) is 1. The van der Waals surface area contributed by atoms with Crippen LogP contribution in [0.15, 0.2) is 12.2 Å². The standard InChI is InChI=1S/C18H27NO4/c1-3-5-7-11-22-17(21)14-13-8-9-18(23-13)12-19(10-6-4-2)16(20)15(14)18/h8-9,13-15H,3-7,10-12H2,1-2H3/t13-,14?,15+,18-/m1/s1. The van der Waals surface area contributed by atoms with E-state index in [0.717, 1.165) is 38.6 Å². The maximum atomic E-state index is 12.8. The fourth-order valence-electron chi connectivity index (χ4n) is 4.01. The normalized spacial score (nSPS) is 34.3. The van der Waals surface area contributed by atoms with Crippen LogP contribution in [0, 0.1) is 11.8 Å². The minimum absolute atomic E-state index is 0.0563. The molecule has 3 rings (SSSR count). The summed E-state index contributed by atoms with van der Waals surface area (Å²) in [4.78, 5) is 27.1. The van der Waals surface area contributed by atoms with Gasteiger partial charge in [0.15, 0.2) is 0 Å². The highest BCUT2D eigenvalue weighted by Gasteiger charge is 2.67. The highest BCUT2D eigenvalue weighted by Crippen LogP contribution is 2.52. The van der Waals surface area contributed by atoms with Crippen LogP contribution in [0.4, 0.5) is 0 Å². The maximum Gasteiger partial charge on any atom is 0.312 e. The fraction of sp³-hybridized carbons (Fsp3) is 0.778. The van der Waals surface area contributed by atoms with Gasteiger partial charge in [0.05, 0.1) is 25.2 Å². The van der Waals surface area contributed by atoms with Gasteiger partial charge in [0.1, 0.15) is 11.5 Å². The molecule has 23 heavy (non-hydrogen) atoms. The molecule has 1 spiro atoms. The molecular formula is C18H27NO4. The highest BCUT2D eigenvalue weighted by molar-refractivity contribution is 5.91. The van der Waals surface area contributed by atoms with Crippen LogP contribution < -0.4 is 0 Å². The van der Waals surface area contributed by atoms with Crippen molar-refractivity contribution in [2.45, 2.75) is 57.7 Å². The number of hydrogen-bond acceptors (Lipinski definition) is 4. The molecule has 1 unspecified atom stereocenters. The Balaban J connectivity index is 1.67. The number of amides is 1. The van der Waals surface area contributed by atoms with Crippen LogP contribution in [0.5, 0.6) is 0 Å². The molecule has 0 aromatic heterocycles. The van der Waals surface area contributed by atoms with Crippen molar-refractivity contribution < 1.29 is 19.1 Å². The quantitative estimate of drug-likeness (QED) is 0.391. The number of rotatable bonds is 8. The number of hydrogen-bond donors (Lipinski definition) is 0. The molecule has 1 amide bonds. The SMILES string of the molecule is CCCCCOC(=O)C1[C@H]2C(=O)N(CCCC)C[C@]23C=C[C@H]1O3. The summed E-state index contributed by atoms with van der Waals surface area (Å²) in [5, 5.41) is 0. The summed E-state index contributed by atoms with van der Waals surface area (Å²) in [6.45, 7) is 5.98. The molecular weight excluding hydrogens is 294 g/mol. The van der Waals surface area contributed by atoms with E-state index in [2.05, 4.69) is 13.8 Å². The van der Waals surface area contributed by atoms with Crippen molar-refractivity contribution in [3.8, 4) is 0 Å². The molecule has 0 saturated carbocycles. The van der Waals surface area contributed by atoms with E-state index in [1.807, 2.05) is 17.1 Å². The zero-order chi connectivity index (χ0) is 16.4. The van der Waals surface area contributed by atoms with Crippen LogP contribution in [-0.4, -0.2) is 48.2 Å². The van der Waals surface area contributed by atoms with Crippen LogP contribution in [0.3, 0.4) is 0 Å². The van der Waals surface area contributed by atoms with Gasteiger partial charge in [0.25, 0.3) is 0 Å². The van der Waals surface area contributed by atoms with E-state index in [-0.39, 0.29) is 18.0 Å². The van der Waals surface area contributed by atoms with Crippen LogP contribution in [0.25, 0.3) is 0 Å². The number of esters is 1. The van der Waals surface area contributed by atoms with Crippen molar-refractivity contribution in [1.82, 2.24) is 4.90 Å². The van der Waals surface area contributed by atoms with Crippen molar-refractivity contribution in [2.24, 2.45) is 11.8 Å². The molecule has 2 fully saturated rings. The third kappa shape index (κ3) is 2.80. The Hall–Kier alpha value is -1.36. The minimum Gasteiger partial charge on any atom is -0.465 e. The third-order valence-corrected chi connectivity index (χ3v) is 5.22. The number of carbonyl (C=O) groups excluding carboxylic acids is 2. The van der Waals surface area contributed by atoms with E-state index in [9.17, 15) is 9.59 Å². The van der Waals surface area contributed by atoms with Crippen LogP contribution >= 0.6 is 0 Å². The second-order valence-corrected chi connectivity index (χ2v) is 6.89. The fourth-order valence-corrected chi connectivity index (χ4v) is 4.01. The predicted octanol–water partition coefficient (Wildman–Crippen LogP) is 2.30. The lowest BCUT2D eigenvalue weighted by molar-refractivity contribution is -0.153. The summed E-state index contributed by atoms with van der Waals surface area (Å²) in [5.74, 6) is -1.08. The third-order valence-electron chi connectivity index (χ3n) is 5.22. The monoisotopic (exact) mass is 321 g/mol. The average Bonchev–Trinajstić information content (AvgIpc) is 3.18. The summed E-state index contributed by atoms with van der Waals surface area (Å²) in [6, 6.07) is 0. The topological polar surface area (TPSA) is 55.8 Å². The first-order valence-electron chi connectivity index (χ1n) is 8.95. The van der Waals surface area contributed by atoms with Crippen molar-refractivity contribution in [1.29, 1.82) is 0 Å². The van der Waals surface area contributed by atoms with Crippen molar-refractivity contribution in [2.75, 3.05) is 19.7 Å². The summed E-state index contributed by atoms with van der Waals surface area (Å²) in [6.07, 6.45) is 8.68. The van der Waals surface area contributed by atoms with Crippen LogP contribution in [0.2, 0.25) is 0 Å². The number of carbonyl (C=O) groups is 2. The van der Waals surface area contributed by atoms with E-state index in [1.54, 1.807) is 0 Å². The zero-order valence-electron chi connectivity index (χ0n) is 14.1. The lowest BCUT2D eigenvalue weighted by atomic mass is 9.77. The Labute approximate surface area is 138 Å². The van der Waals surface area contributed by atoms with Gasteiger partial charge >= 0.3 is 5.97 Å². The van der Waals surface area contributed by atoms with E-state index in [0.29, 0.717) is 13.2 Å². The summed E-state index contributed by atoms with van der Waals surface area (Å²) in [7, 11) is 0. The molecule has 0 radical (unpaired) electrons. The lowest BCUT2D eigenvalue weighted by Gasteiger charge is -2.22. The van der Waals surface area contributed by atoms with Gasteiger partial charge in [-0.25, -0.2) is 0 Å². The smallest absolute Gasteiger partial charge is 0.312 e. The van der Waals surface area contributed by atoms with E-state index in [1.165, 1.54) is 0 Å². The largest absolute Gasteiger partial charge is 0.465 e. The summed E-state index contributed by atoms with van der Waals surface area (Å²) < 4.78 is 11.5. The van der Waals surface area contributed by atoms with Crippen molar-refractivity contribution >= 4 is 11.9 Å². The first-order valence-corrected chi connectivity index (χ1v) is 8.95. The maximum absolute atomic E-state index is 12.8. The van der Waals surface area contributed by atoms with E-state index < -0.39 is 17.4 Å². The molecule has 128 valence electrons. The number of unbranched alkanes of at least 4 members (excludes halogenated alkanes) is 3. The zero-order valence-corrected chi connectivity index (χ0v) is 14.1. The van der Waals surface area contributed by atoms with E-state index >= 15 is 0 Å². The molecule has 0 N–H and O–H groups in total. The van der Waals surface area contributed by atoms with Crippen LogP contribution in [0.1, 0.15) is 46.0 Å². The minimum atomic E-state index is -0.595. The molecule has 0 aromatic rings. The number of ether oxygens (including phenoxy) is 2. The molecule has 3 aliphatic rings. The van der Waals surface area contributed by atoms with Gasteiger partial charge in [-0.05, 0) is 12.8 Å². The van der Waals surface area contributed by atoms with E-state index in [4.69, 9.17) is 9.47 Å². The Morgan fingerprint density at radius 1 is 1.35 bits per heavy atom. The first-order chi connectivity index (χ1) is 11.1.